The number of halogens is 2. The van der Waals surface area contributed by atoms with Crippen molar-refractivity contribution in [1.82, 2.24) is 0 Å². The molecule has 5 heteroatoms. The predicted octanol–water partition coefficient (Wildman–Crippen LogP) is 4.28. The largest absolute Gasteiger partial charge is 1.00 e. The first kappa shape index (κ1) is 37.1. The molecule has 0 amide bonds. The van der Waals surface area contributed by atoms with Gasteiger partial charge in [-0.05, 0) is 28.5 Å². The molecular formula is C43H36Cl2O2Zr-2. The first-order chi connectivity index (χ1) is 22.7. The Morgan fingerprint density at radius 2 is 1.27 bits per heavy atom. The second kappa shape index (κ2) is 18.1. The smallest absolute Gasteiger partial charge is 0.0240 e. The Morgan fingerprint density at radius 3 is 1.83 bits per heavy atom. The fourth-order valence-corrected chi connectivity index (χ4v) is 6.82. The minimum Gasteiger partial charge on any atom is -1.00 e. The molecule has 0 spiro atoms. The Kier molecular flexibility index (Phi) is 14.0. The van der Waals surface area contributed by atoms with Crippen molar-refractivity contribution in [3.63, 3.8) is 0 Å². The summed E-state index contributed by atoms with van der Waals surface area (Å²) in [6.07, 6.45) is 11.0. The van der Waals surface area contributed by atoms with Crippen molar-refractivity contribution < 1.29 is 58.5 Å². The van der Waals surface area contributed by atoms with Gasteiger partial charge in [-0.3, -0.25) is 6.08 Å². The summed E-state index contributed by atoms with van der Waals surface area (Å²) < 4.78 is 12.3. The van der Waals surface area contributed by atoms with Gasteiger partial charge in [0.05, 0.1) is 0 Å². The Hall–Kier alpha value is -3.75. The van der Waals surface area contributed by atoms with Crippen molar-refractivity contribution in [2.24, 2.45) is 0 Å². The average molecular weight is 747 g/mol. The monoisotopic (exact) mass is 744 g/mol. The first-order valence-corrected chi connectivity index (χ1v) is 17.1. The summed E-state index contributed by atoms with van der Waals surface area (Å²) in [4.78, 5) is 0. The van der Waals surface area contributed by atoms with Gasteiger partial charge in [-0.25, -0.2) is 12.2 Å². The topological polar surface area (TPSA) is 18.5 Å². The number of rotatable bonds is 6. The second-order valence-electron chi connectivity index (χ2n) is 11.0. The van der Waals surface area contributed by atoms with E-state index in [1.165, 1.54) is 82.4 Å². The molecule has 0 aliphatic heterocycles. The maximum absolute atomic E-state index is 5.47. The molecule has 0 heterocycles. The molecule has 0 radical (unpaired) electrons. The molecule has 0 unspecified atom stereocenters. The maximum atomic E-state index is 5.47. The first-order valence-electron chi connectivity index (χ1n) is 15.9. The third-order valence-electron chi connectivity index (χ3n) is 8.09. The molecule has 8 rings (SSSR count). The molecule has 2 aliphatic carbocycles. The van der Waals surface area contributed by atoms with E-state index >= 15 is 0 Å². The zero-order chi connectivity index (χ0) is 31.7. The Bertz CT molecular complexity index is 1970. The van der Waals surface area contributed by atoms with Gasteiger partial charge < -0.3 is 24.8 Å². The van der Waals surface area contributed by atoms with Crippen LogP contribution in [0.4, 0.5) is 0 Å². The molecule has 2 nitrogen and oxygen atoms in total. The van der Waals surface area contributed by atoms with Gasteiger partial charge in [0.25, 0.3) is 0 Å². The molecule has 0 N–H and O–H groups in total. The van der Waals surface area contributed by atoms with Crippen molar-refractivity contribution in [1.29, 1.82) is 0 Å². The molecular weight excluding hydrogens is 711 g/mol. The summed E-state index contributed by atoms with van der Waals surface area (Å²) in [5.74, 6) is 1.85. The quantitative estimate of drug-likeness (QED) is 0.187. The van der Waals surface area contributed by atoms with Crippen LogP contribution in [-0.2, 0) is 30.7 Å². The van der Waals surface area contributed by atoms with E-state index in [0.717, 1.165) is 24.3 Å². The van der Waals surface area contributed by atoms with Gasteiger partial charge in [0.2, 0.25) is 0 Å². The van der Waals surface area contributed by atoms with Gasteiger partial charge in [-0.1, -0.05) is 53.9 Å². The van der Waals surface area contributed by atoms with Crippen LogP contribution < -0.4 is 34.3 Å². The summed E-state index contributed by atoms with van der Waals surface area (Å²) in [6, 6.07) is 43.9. The van der Waals surface area contributed by atoms with Gasteiger partial charge >= 0.3 is 135 Å². The molecule has 0 bridgehead atoms. The van der Waals surface area contributed by atoms with E-state index in [2.05, 4.69) is 103 Å². The van der Waals surface area contributed by atoms with Gasteiger partial charge in [-0.2, -0.15) is 6.08 Å². The predicted molar refractivity (Wildman–Crippen MR) is 189 cm³/mol. The van der Waals surface area contributed by atoms with Gasteiger partial charge in [0, 0.05) is 0 Å². The van der Waals surface area contributed by atoms with E-state index in [9.17, 15) is 0 Å². The second-order valence-corrected chi connectivity index (χ2v) is 12.2. The van der Waals surface area contributed by atoms with Crippen molar-refractivity contribution >= 4 is 24.8 Å². The van der Waals surface area contributed by atoms with E-state index in [0.29, 0.717) is 13.2 Å². The summed E-state index contributed by atoms with van der Waals surface area (Å²) in [6.45, 7) is 5.39. The maximum Gasteiger partial charge on any atom is -0.0240 e. The van der Waals surface area contributed by atoms with Crippen LogP contribution in [0.1, 0.15) is 42.5 Å². The van der Waals surface area contributed by atoms with Crippen molar-refractivity contribution in [3.8, 4) is 22.6 Å². The molecule has 0 fully saturated rings. The molecule has 0 saturated heterocycles. The van der Waals surface area contributed by atoms with E-state index < -0.39 is 0 Å². The number of hydrogen-bond donors (Lipinski definition) is 0. The normalized spacial score (nSPS) is 11.6. The summed E-state index contributed by atoms with van der Waals surface area (Å²) in [5.41, 5.74) is 8.17. The van der Waals surface area contributed by atoms with Crippen LogP contribution in [0.5, 0.6) is 11.5 Å². The number of fused-ring (bicyclic) bond motifs is 8. The van der Waals surface area contributed by atoms with Gasteiger partial charge in [0.15, 0.2) is 0 Å². The number of benzene rings is 6. The number of hydrogen-bond acceptors (Lipinski definition) is 2. The zero-order valence-corrected chi connectivity index (χ0v) is 31.1. The molecule has 240 valence electrons. The van der Waals surface area contributed by atoms with Crippen molar-refractivity contribution in [2.75, 3.05) is 13.2 Å². The van der Waals surface area contributed by atoms with Crippen LogP contribution in [-0.4, -0.2) is 16.4 Å². The minimum absolute atomic E-state index is 0. The summed E-state index contributed by atoms with van der Waals surface area (Å²) in [5, 5.41) is 5.30. The average Bonchev–Trinajstić information content (AvgIpc) is 3.82. The Labute approximate surface area is 311 Å². The van der Waals surface area contributed by atoms with Crippen LogP contribution in [0.25, 0.3) is 32.7 Å². The standard InChI is InChI=1S/C21H13.C17H18O2.C5H5.2ClH.Zr/c1-2-8-15-14(7-1)13-20-18-11-4-3-9-16(18)17-10-5-6-12-19(17)21(15)20;1-3-18-16-9-5-14(6-10-16)13-15-7-11-17(12-8-15)19-4-2;1-2-4-5-3-1;;;/h1-10,12H,13H2;5-12H,3-4H2,1-2H3;1-3H,4H2;2*1H;/q-1;;-1;;;+2/p-2. The fourth-order valence-electron chi connectivity index (χ4n) is 6.00. The van der Waals surface area contributed by atoms with E-state index in [-0.39, 0.29) is 24.8 Å². The molecule has 0 aromatic heterocycles. The van der Waals surface area contributed by atoms with Crippen LogP contribution >= 0.6 is 0 Å². The van der Waals surface area contributed by atoms with Crippen LogP contribution in [0, 0.1) is 12.1 Å². The molecule has 0 atom stereocenters. The van der Waals surface area contributed by atoms with Crippen LogP contribution in [0.2, 0.25) is 0 Å². The molecule has 6 aromatic carbocycles. The SMILES string of the molecule is CCOc1ccc([C](=[Zr+2])c2ccc(OCC)cc2)cc1.[C-]1=CC=CC1.[Cl-].[Cl-].[c-]1cccc2c1c1c(c3ccccc32)-c2ccccc2C1. The molecule has 0 saturated carbocycles. The minimum atomic E-state index is 0. The van der Waals surface area contributed by atoms with Gasteiger partial charge in [-0.15, -0.1) is 47.0 Å². The summed E-state index contributed by atoms with van der Waals surface area (Å²) in [7, 11) is 0. The molecule has 2 aliphatic rings. The van der Waals surface area contributed by atoms with Crippen molar-refractivity contribution in [2.45, 2.75) is 26.7 Å². The molecule has 6 aromatic rings. The Balaban J connectivity index is 0.000000183. The fraction of sp³-hybridized carbons (Fsp3) is 0.140. The summed E-state index contributed by atoms with van der Waals surface area (Å²) >= 11 is 1.40. The van der Waals surface area contributed by atoms with E-state index in [1.807, 2.05) is 56.3 Å². The Morgan fingerprint density at radius 1 is 0.688 bits per heavy atom. The molecule has 48 heavy (non-hydrogen) atoms. The number of ether oxygens (including phenoxy) is 2. The van der Waals surface area contributed by atoms with Crippen molar-refractivity contribution in [3.05, 3.63) is 168 Å². The van der Waals surface area contributed by atoms with Crippen LogP contribution in [0.15, 0.2) is 133 Å². The zero-order valence-electron chi connectivity index (χ0n) is 27.1. The third-order valence-corrected chi connectivity index (χ3v) is 9.51. The number of allylic oxidation sites excluding steroid dienone is 4. The van der Waals surface area contributed by atoms with Gasteiger partial charge in [0.1, 0.15) is 0 Å². The third kappa shape index (κ3) is 8.45. The van der Waals surface area contributed by atoms with E-state index in [1.54, 1.807) is 0 Å². The van der Waals surface area contributed by atoms with Crippen LogP contribution in [0.3, 0.4) is 0 Å². The van der Waals surface area contributed by atoms with E-state index in [4.69, 9.17) is 9.47 Å².